The van der Waals surface area contributed by atoms with E-state index in [1.165, 1.54) is 24.3 Å². The van der Waals surface area contributed by atoms with Gasteiger partial charge in [0.05, 0.1) is 17.2 Å². The number of halogens is 6. The Morgan fingerprint density at radius 2 is 1.21 bits per heavy atom. The Bertz CT molecular complexity index is 697. The van der Waals surface area contributed by atoms with Crippen LogP contribution in [0, 0.1) is 11.3 Å². The minimum atomic E-state index is -4.57. The molecule has 2 aromatic rings. The van der Waals surface area contributed by atoms with Crippen molar-refractivity contribution in [2.75, 3.05) is 0 Å². The van der Waals surface area contributed by atoms with Gasteiger partial charge in [-0.25, -0.2) is 0 Å². The first-order valence-electron chi connectivity index (χ1n) is 6.84. The number of benzene rings is 2. The predicted molar refractivity (Wildman–Crippen MR) is 75.0 cm³/mol. The molecule has 7 heteroatoms. The Kier molecular flexibility index (Phi) is 4.88. The molecule has 0 aromatic heterocycles. The number of nitrogens with zero attached hydrogens (tertiary/aromatic N) is 1. The molecule has 0 radical (unpaired) electrons. The van der Waals surface area contributed by atoms with E-state index in [4.69, 9.17) is 5.26 Å². The quantitative estimate of drug-likeness (QED) is 0.649. The van der Waals surface area contributed by atoms with E-state index in [2.05, 4.69) is 0 Å². The molecule has 1 nitrogen and oxygen atoms in total. The zero-order valence-electron chi connectivity index (χ0n) is 12.1. The van der Waals surface area contributed by atoms with E-state index in [1.54, 1.807) is 0 Å². The number of alkyl halides is 6. The van der Waals surface area contributed by atoms with Gasteiger partial charge in [-0.05, 0) is 23.3 Å². The zero-order valence-corrected chi connectivity index (χ0v) is 12.1. The van der Waals surface area contributed by atoms with Crippen molar-refractivity contribution in [2.24, 2.45) is 0 Å². The smallest absolute Gasteiger partial charge is 0.198 e. The van der Waals surface area contributed by atoms with Crippen molar-refractivity contribution < 1.29 is 26.3 Å². The Morgan fingerprint density at radius 3 is 1.54 bits per heavy atom. The lowest BCUT2D eigenvalue weighted by atomic mass is 9.87. The third-order valence-corrected chi connectivity index (χ3v) is 3.53. The lowest BCUT2D eigenvalue weighted by Gasteiger charge is -2.18. The van der Waals surface area contributed by atoms with Crippen molar-refractivity contribution >= 4 is 0 Å². The van der Waals surface area contributed by atoms with Crippen LogP contribution < -0.4 is 0 Å². The van der Waals surface area contributed by atoms with Crippen molar-refractivity contribution in [2.45, 2.75) is 24.7 Å². The fraction of sp³-hybridized carbons (Fsp3) is 0.235. The molecule has 0 aliphatic rings. The highest BCUT2D eigenvalue weighted by Gasteiger charge is 2.33. The van der Waals surface area contributed by atoms with Crippen LogP contribution in [-0.4, -0.2) is 0 Å². The molecule has 0 amide bonds. The lowest BCUT2D eigenvalue weighted by molar-refractivity contribution is -0.138. The van der Waals surface area contributed by atoms with Crippen LogP contribution in [0.1, 0.15) is 34.6 Å². The summed E-state index contributed by atoms with van der Waals surface area (Å²) >= 11 is 0. The summed E-state index contributed by atoms with van der Waals surface area (Å²) in [6.07, 6.45) is -9.37. The molecule has 0 N–H and O–H groups in total. The molecule has 2 aromatic carbocycles. The third-order valence-electron chi connectivity index (χ3n) is 3.53. The molecule has 0 saturated carbocycles. The molecule has 0 saturated heterocycles. The number of hydrogen-bond acceptors (Lipinski definition) is 1. The summed E-state index contributed by atoms with van der Waals surface area (Å²) in [5, 5.41) is 8.92. The van der Waals surface area contributed by atoms with E-state index in [9.17, 15) is 26.3 Å². The van der Waals surface area contributed by atoms with Gasteiger partial charge in [0, 0.05) is 12.3 Å². The summed E-state index contributed by atoms with van der Waals surface area (Å²) in [6, 6.07) is 10.4. The second-order valence-corrected chi connectivity index (χ2v) is 5.16. The maximum atomic E-state index is 12.8. The average molecular weight is 343 g/mol. The predicted octanol–water partition coefficient (Wildman–Crippen LogP) is 5.77. The van der Waals surface area contributed by atoms with Crippen LogP contribution in [0.15, 0.2) is 48.5 Å². The van der Waals surface area contributed by atoms with Crippen molar-refractivity contribution in [3.05, 3.63) is 70.8 Å². The van der Waals surface area contributed by atoms with E-state index in [1.807, 2.05) is 6.07 Å². The summed E-state index contributed by atoms with van der Waals surface area (Å²) < 4.78 is 77.0. The van der Waals surface area contributed by atoms with Crippen molar-refractivity contribution in [3.63, 3.8) is 0 Å². The largest absolute Gasteiger partial charge is 0.416 e. The Balaban J connectivity index is 2.50. The Labute approximate surface area is 134 Å². The molecule has 24 heavy (non-hydrogen) atoms. The van der Waals surface area contributed by atoms with Crippen molar-refractivity contribution in [3.8, 4) is 6.07 Å². The van der Waals surface area contributed by atoms with Crippen LogP contribution in [0.2, 0.25) is 0 Å². The Hall–Kier alpha value is -2.49. The van der Waals surface area contributed by atoms with Crippen molar-refractivity contribution in [1.82, 2.24) is 0 Å². The van der Waals surface area contributed by atoms with Crippen LogP contribution >= 0.6 is 0 Å². The van der Waals surface area contributed by atoms with E-state index in [-0.39, 0.29) is 17.5 Å². The van der Waals surface area contributed by atoms with Crippen LogP contribution in [0.3, 0.4) is 0 Å². The summed E-state index contributed by atoms with van der Waals surface area (Å²) in [4.78, 5) is 0. The molecule has 0 bridgehead atoms. The number of hydrogen-bond donors (Lipinski definition) is 0. The third kappa shape index (κ3) is 4.07. The van der Waals surface area contributed by atoms with Gasteiger partial charge in [-0.15, -0.1) is 0 Å². The molecule has 0 aliphatic heterocycles. The van der Waals surface area contributed by atoms with Crippen LogP contribution in [0.5, 0.6) is 0 Å². The van der Waals surface area contributed by atoms with Gasteiger partial charge in [0.2, 0.25) is 0 Å². The fourth-order valence-corrected chi connectivity index (χ4v) is 2.38. The topological polar surface area (TPSA) is 23.8 Å². The molecule has 0 aliphatic carbocycles. The van der Waals surface area contributed by atoms with Crippen LogP contribution in [0.25, 0.3) is 0 Å². The molecule has 2 rings (SSSR count). The highest BCUT2D eigenvalue weighted by Crippen LogP contribution is 2.36. The number of rotatable bonds is 3. The summed E-state index contributed by atoms with van der Waals surface area (Å²) in [6.45, 7) is 0. The molecule has 0 unspecified atom stereocenters. The van der Waals surface area contributed by atoms with Gasteiger partial charge in [-0.2, -0.15) is 31.6 Å². The zero-order chi connectivity index (χ0) is 18.0. The van der Waals surface area contributed by atoms with Gasteiger partial charge in [0.1, 0.15) is 0 Å². The summed E-state index contributed by atoms with van der Waals surface area (Å²) in [5.74, 6) is -0.875. The molecule has 0 fully saturated rings. The maximum Gasteiger partial charge on any atom is 0.416 e. The summed E-state index contributed by atoms with van der Waals surface area (Å²) in [7, 11) is 0. The van der Waals surface area contributed by atoms with E-state index in [0.29, 0.717) is 0 Å². The molecule has 126 valence electrons. The lowest BCUT2D eigenvalue weighted by Crippen LogP contribution is -2.09. The summed E-state index contributed by atoms with van der Waals surface area (Å²) in [5.41, 5.74) is -1.53. The highest BCUT2D eigenvalue weighted by molar-refractivity contribution is 5.38. The maximum absolute atomic E-state index is 12.8. The van der Waals surface area contributed by atoms with E-state index < -0.39 is 29.4 Å². The Morgan fingerprint density at radius 1 is 0.792 bits per heavy atom. The molecule has 0 atom stereocenters. The minimum Gasteiger partial charge on any atom is -0.198 e. The highest BCUT2D eigenvalue weighted by atomic mass is 19.4. The minimum absolute atomic E-state index is 0.144. The van der Waals surface area contributed by atoms with Gasteiger partial charge in [0.25, 0.3) is 0 Å². The molecule has 0 spiro atoms. The second-order valence-electron chi connectivity index (χ2n) is 5.16. The van der Waals surface area contributed by atoms with E-state index >= 15 is 0 Å². The first kappa shape index (κ1) is 17.9. The normalized spacial score (nSPS) is 12.2. The second kappa shape index (κ2) is 6.56. The van der Waals surface area contributed by atoms with Gasteiger partial charge in [0.15, 0.2) is 0 Å². The SMILES string of the molecule is N#CCC(c1cccc(C(F)(F)F)c1)c1cccc(C(F)(F)F)c1. The monoisotopic (exact) mass is 343 g/mol. The number of nitriles is 1. The molecular weight excluding hydrogens is 332 g/mol. The molecule has 0 heterocycles. The fourth-order valence-electron chi connectivity index (χ4n) is 2.38. The van der Waals surface area contributed by atoms with Crippen molar-refractivity contribution in [1.29, 1.82) is 5.26 Å². The van der Waals surface area contributed by atoms with Gasteiger partial charge >= 0.3 is 12.4 Å². The van der Waals surface area contributed by atoms with Crippen LogP contribution in [-0.2, 0) is 12.4 Å². The molecular formula is C17H11F6N. The van der Waals surface area contributed by atoms with Gasteiger partial charge in [-0.3, -0.25) is 0 Å². The standard InChI is InChI=1S/C17H11F6N/c18-16(19,20)13-5-1-3-11(9-13)15(7-8-24)12-4-2-6-14(10-12)17(21,22)23/h1-6,9-10,15H,7H2. The van der Waals surface area contributed by atoms with Gasteiger partial charge in [-0.1, -0.05) is 36.4 Å². The van der Waals surface area contributed by atoms with E-state index in [0.717, 1.165) is 24.3 Å². The first-order chi connectivity index (χ1) is 11.1. The van der Waals surface area contributed by atoms with Gasteiger partial charge < -0.3 is 0 Å². The average Bonchev–Trinajstić information content (AvgIpc) is 2.51. The first-order valence-corrected chi connectivity index (χ1v) is 6.84. The van der Waals surface area contributed by atoms with Crippen LogP contribution in [0.4, 0.5) is 26.3 Å².